The van der Waals surface area contributed by atoms with Gasteiger partial charge in [-0.2, -0.15) is 9.61 Å². The van der Waals surface area contributed by atoms with Crippen LogP contribution in [0, 0.1) is 6.92 Å². The SMILES string of the molecule is CCc1nnc2sc(-c3ccc(C)c(C(=S)NC(=O)/C=C/c4ccc(C(C)C)cc4)c3)nn12. The van der Waals surface area contributed by atoms with E-state index in [1.807, 2.05) is 44.2 Å². The predicted molar refractivity (Wildman–Crippen MR) is 138 cm³/mol. The van der Waals surface area contributed by atoms with Crippen molar-refractivity contribution in [2.75, 3.05) is 0 Å². The van der Waals surface area contributed by atoms with Gasteiger partial charge in [-0.25, -0.2) is 0 Å². The van der Waals surface area contributed by atoms with Gasteiger partial charge in [0.05, 0.1) is 0 Å². The molecule has 0 bridgehead atoms. The van der Waals surface area contributed by atoms with E-state index in [4.69, 9.17) is 12.2 Å². The highest BCUT2D eigenvalue weighted by atomic mass is 32.1. The van der Waals surface area contributed by atoms with Crippen molar-refractivity contribution >= 4 is 45.5 Å². The zero-order valence-electron chi connectivity index (χ0n) is 19.0. The largest absolute Gasteiger partial charge is 0.313 e. The average molecular weight is 476 g/mol. The number of rotatable bonds is 6. The van der Waals surface area contributed by atoms with Crippen LogP contribution in [0.1, 0.15) is 54.8 Å². The first kappa shape index (κ1) is 22.9. The van der Waals surface area contributed by atoms with E-state index in [1.54, 1.807) is 10.6 Å². The Hall–Kier alpha value is -3.23. The average Bonchev–Trinajstić information content (AvgIpc) is 3.39. The molecule has 2 heterocycles. The summed E-state index contributed by atoms with van der Waals surface area (Å²) in [6, 6.07) is 14.1. The van der Waals surface area contributed by atoms with Gasteiger partial charge in [0.1, 0.15) is 10.00 Å². The van der Waals surface area contributed by atoms with Gasteiger partial charge in [-0.3, -0.25) is 4.79 Å². The number of hydrogen-bond acceptors (Lipinski definition) is 6. The maximum atomic E-state index is 12.5. The van der Waals surface area contributed by atoms with Crippen molar-refractivity contribution in [3.8, 4) is 10.6 Å². The molecule has 33 heavy (non-hydrogen) atoms. The third-order valence-corrected chi connectivity index (χ3v) is 6.64. The minimum atomic E-state index is -0.260. The van der Waals surface area contributed by atoms with Gasteiger partial charge in [0, 0.05) is 23.6 Å². The number of nitrogens with one attached hydrogen (secondary N) is 1. The fourth-order valence-electron chi connectivity index (χ4n) is 3.38. The summed E-state index contributed by atoms with van der Waals surface area (Å²) in [5.74, 6) is 1.04. The second-order valence-electron chi connectivity index (χ2n) is 8.07. The third kappa shape index (κ3) is 5.07. The Morgan fingerprint density at radius 2 is 1.94 bits per heavy atom. The highest BCUT2D eigenvalue weighted by molar-refractivity contribution is 7.80. The van der Waals surface area contributed by atoms with E-state index in [-0.39, 0.29) is 5.91 Å². The van der Waals surface area contributed by atoms with E-state index in [9.17, 15) is 4.79 Å². The Morgan fingerprint density at radius 3 is 2.64 bits per heavy atom. The van der Waals surface area contributed by atoms with Gasteiger partial charge in [-0.15, -0.1) is 10.2 Å². The van der Waals surface area contributed by atoms with Crippen LogP contribution in [-0.2, 0) is 11.2 Å². The highest BCUT2D eigenvalue weighted by Crippen LogP contribution is 2.27. The maximum absolute atomic E-state index is 12.5. The molecule has 0 spiro atoms. The summed E-state index contributed by atoms with van der Waals surface area (Å²) in [7, 11) is 0. The predicted octanol–water partition coefficient (Wildman–Crippen LogP) is 5.35. The van der Waals surface area contributed by atoms with Gasteiger partial charge in [0.25, 0.3) is 0 Å². The molecule has 1 N–H and O–H groups in total. The van der Waals surface area contributed by atoms with E-state index < -0.39 is 0 Å². The lowest BCUT2D eigenvalue weighted by atomic mass is 10.0. The van der Waals surface area contributed by atoms with Gasteiger partial charge >= 0.3 is 0 Å². The van der Waals surface area contributed by atoms with Crippen LogP contribution < -0.4 is 5.32 Å². The molecule has 0 saturated carbocycles. The molecule has 2 aromatic heterocycles. The van der Waals surface area contributed by atoms with Gasteiger partial charge < -0.3 is 5.32 Å². The van der Waals surface area contributed by atoms with Crippen molar-refractivity contribution in [2.45, 2.75) is 40.0 Å². The van der Waals surface area contributed by atoms with Crippen molar-refractivity contribution in [3.05, 3.63) is 76.6 Å². The monoisotopic (exact) mass is 475 g/mol. The summed E-state index contributed by atoms with van der Waals surface area (Å²) >= 11 is 7.02. The molecule has 6 nitrogen and oxygen atoms in total. The van der Waals surface area contributed by atoms with E-state index >= 15 is 0 Å². The molecule has 4 rings (SSSR count). The highest BCUT2D eigenvalue weighted by Gasteiger charge is 2.14. The molecule has 0 aliphatic rings. The van der Waals surface area contributed by atoms with Crippen LogP contribution in [-0.4, -0.2) is 30.7 Å². The molecule has 0 fully saturated rings. The van der Waals surface area contributed by atoms with Crippen LogP contribution in [0.15, 0.2) is 48.5 Å². The van der Waals surface area contributed by atoms with Crippen LogP contribution in [0.5, 0.6) is 0 Å². The molecule has 1 amide bonds. The molecule has 0 aliphatic carbocycles. The first-order valence-corrected chi connectivity index (χ1v) is 12.0. The van der Waals surface area contributed by atoms with Crippen molar-refractivity contribution in [2.24, 2.45) is 0 Å². The van der Waals surface area contributed by atoms with Crippen molar-refractivity contribution in [3.63, 3.8) is 0 Å². The van der Waals surface area contributed by atoms with Crippen LogP contribution in [0.2, 0.25) is 0 Å². The normalized spacial score (nSPS) is 11.5. The number of benzene rings is 2. The molecule has 8 heteroatoms. The number of amides is 1. The summed E-state index contributed by atoms with van der Waals surface area (Å²) < 4.78 is 1.78. The van der Waals surface area contributed by atoms with Gasteiger partial charge in [0.2, 0.25) is 10.9 Å². The fourth-order valence-corrected chi connectivity index (χ4v) is 4.55. The topological polar surface area (TPSA) is 72.2 Å². The van der Waals surface area contributed by atoms with E-state index in [1.165, 1.54) is 23.0 Å². The van der Waals surface area contributed by atoms with Crippen molar-refractivity contribution in [1.82, 2.24) is 25.1 Å². The molecule has 2 aromatic carbocycles. The summed E-state index contributed by atoms with van der Waals surface area (Å²) in [5, 5.41) is 16.6. The Balaban J connectivity index is 1.49. The lowest BCUT2D eigenvalue weighted by Gasteiger charge is -2.10. The maximum Gasteiger partial charge on any atom is 0.249 e. The number of fused-ring (bicyclic) bond motifs is 1. The molecule has 0 atom stereocenters. The zero-order valence-corrected chi connectivity index (χ0v) is 20.6. The molecule has 168 valence electrons. The lowest BCUT2D eigenvalue weighted by molar-refractivity contribution is -0.115. The molecule has 0 unspecified atom stereocenters. The number of carbonyl (C=O) groups excluding carboxylic acids is 1. The Bertz CT molecular complexity index is 1350. The van der Waals surface area contributed by atoms with Crippen LogP contribution in [0.3, 0.4) is 0 Å². The summed E-state index contributed by atoms with van der Waals surface area (Å²) in [6.07, 6.45) is 4.05. The van der Waals surface area contributed by atoms with Crippen molar-refractivity contribution in [1.29, 1.82) is 0 Å². The number of thiocarbonyl (C=S) groups is 1. The lowest BCUT2D eigenvalue weighted by Crippen LogP contribution is -2.28. The number of carbonyl (C=O) groups is 1. The molecular formula is C25H25N5OS2. The second-order valence-corrected chi connectivity index (χ2v) is 9.44. The first-order valence-electron chi connectivity index (χ1n) is 10.8. The van der Waals surface area contributed by atoms with Crippen LogP contribution in [0.25, 0.3) is 21.6 Å². The van der Waals surface area contributed by atoms with Gasteiger partial charge in [0.15, 0.2) is 5.82 Å². The Labute approximate surface area is 202 Å². The molecule has 0 radical (unpaired) electrons. The Morgan fingerprint density at radius 1 is 1.18 bits per heavy atom. The summed E-state index contributed by atoms with van der Waals surface area (Å²) in [6.45, 7) is 8.30. The summed E-state index contributed by atoms with van der Waals surface area (Å²) in [5.41, 5.74) is 4.93. The third-order valence-electron chi connectivity index (χ3n) is 5.37. The molecule has 0 aliphatic heterocycles. The van der Waals surface area contributed by atoms with Crippen molar-refractivity contribution < 1.29 is 4.79 Å². The number of aromatic nitrogens is 4. The summed E-state index contributed by atoms with van der Waals surface area (Å²) in [4.78, 5) is 13.6. The fraction of sp³-hybridized carbons (Fsp3) is 0.240. The van der Waals surface area contributed by atoms with E-state index in [2.05, 4.69) is 46.6 Å². The van der Waals surface area contributed by atoms with E-state index in [0.29, 0.717) is 10.9 Å². The number of aryl methyl sites for hydroxylation is 2. The van der Waals surface area contributed by atoms with Crippen LogP contribution >= 0.6 is 23.6 Å². The molecule has 4 aromatic rings. The number of nitrogens with zero attached hydrogens (tertiary/aromatic N) is 4. The smallest absolute Gasteiger partial charge is 0.249 e. The minimum Gasteiger partial charge on any atom is -0.313 e. The zero-order chi connectivity index (χ0) is 23.5. The van der Waals surface area contributed by atoms with Gasteiger partial charge in [-0.05, 0) is 41.7 Å². The number of hydrogen-bond donors (Lipinski definition) is 1. The second kappa shape index (κ2) is 9.72. The minimum absolute atomic E-state index is 0.260. The first-order chi connectivity index (χ1) is 15.9. The standard InChI is InChI=1S/C25H25N5OS2/c1-5-21-27-28-25-30(21)29-24(33-25)19-10-6-16(4)20(14-19)23(32)26-22(31)13-9-17-7-11-18(12-8-17)15(2)3/h6-15H,5H2,1-4H3,(H,26,31,32)/b13-9+. The molecule has 0 saturated heterocycles. The molecular weight excluding hydrogens is 450 g/mol. The van der Waals surface area contributed by atoms with Gasteiger partial charge in [-0.1, -0.05) is 80.7 Å². The van der Waals surface area contributed by atoms with Crippen LogP contribution in [0.4, 0.5) is 0 Å². The Kier molecular flexibility index (Phi) is 6.76. The quantitative estimate of drug-likeness (QED) is 0.301. The van der Waals surface area contributed by atoms with E-state index in [0.717, 1.165) is 44.5 Å².